The minimum Gasteiger partial charge on any atom is -0.459 e. The summed E-state index contributed by atoms with van der Waals surface area (Å²) in [7, 11) is 0. The van der Waals surface area contributed by atoms with E-state index in [0.29, 0.717) is 6.42 Å². The van der Waals surface area contributed by atoms with Crippen molar-refractivity contribution in [1.29, 1.82) is 0 Å². The van der Waals surface area contributed by atoms with Crippen LogP contribution in [0.2, 0.25) is 0 Å². The Balaban J connectivity index is 2.83. The van der Waals surface area contributed by atoms with Gasteiger partial charge >= 0.3 is 5.97 Å². The van der Waals surface area contributed by atoms with Crippen molar-refractivity contribution in [3.63, 3.8) is 0 Å². The van der Waals surface area contributed by atoms with Crippen molar-refractivity contribution in [1.82, 2.24) is 10.2 Å². The average Bonchev–Trinajstić information content (AvgIpc) is 2.24. The second-order valence-corrected chi connectivity index (χ2v) is 5.72. The lowest BCUT2D eigenvalue weighted by molar-refractivity contribution is -0.163. The van der Waals surface area contributed by atoms with Crippen LogP contribution < -0.4 is 5.32 Å². The van der Waals surface area contributed by atoms with Gasteiger partial charge in [0.1, 0.15) is 11.6 Å². The van der Waals surface area contributed by atoms with E-state index in [1.807, 2.05) is 6.92 Å². The summed E-state index contributed by atoms with van der Waals surface area (Å²) in [5, 5.41) is 2.28. The lowest BCUT2D eigenvalue weighted by atomic mass is 10.1. The largest absolute Gasteiger partial charge is 0.459 e. The van der Waals surface area contributed by atoms with Gasteiger partial charge in [0, 0.05) is 0 Å². The number of nitrogens with zero attached hydrogens (tertiary/aromatic N) is 1. The highest BCUT2D eigenvalue weighted by molar-refractivity contribution is 6.01. The third kappa shape index (κ3) is 4.02. The number of hydrogen-bond acceptors (Lipinski definition) is 5. The number of carbonyl (C=O) groups excluding carboxylic acids is 3. The Morgan fingerprint density at radius 3 is 2.53 bits per heavy atom. The lowest BCUT2D eigenvalue weighted by Gasteiger charge is -2.37. The molecule has 0 saturated carbocycles. The normalized spacial score (nSPS) is 22.9. The van der Waals surface area contributed by atoms with Crippen LogP contribution >= 0.6 is 0 Å². The van der Waals surface area contributed by atoms with Crippen LogP contribution in [-0.4, -0.2) is 46.9 Å². The number of esters is 1. The van der Waals surface area contributed by atoms with E-state index in [9.17, 15) is 14.4 Å². The molecule has 0 aromatic rings. The summed E-state index contributed by atoms with van der Waals surface area (Å²) >= 11 is 0. The Hall–Kier alpha value is -1.43. The molecule has 2 amide bonds. The SMILES string of the molecule is CCC1C(=O)NC(=O)CN1C(C)C(=O)OC(C)(C)C. The van der Waals surface area contributed by atoms with Crippen LogP contribution in [0.15, 0.2) is 0 Å². The van der Waals surface area contributed by atoms with Crippen LogP contribution in [0.4, 0.5) is 0 Å². The van der Waals surface area contributed by atoms with Crippen LogP contribution in [0.3, 0.4) is 0 Å². The minimum absolute atomic E-state index is 0.0324. The van der Waals surface area contributed by atoms with Gasteiger partial charge in [-0.15, -0.1) is 0 Å². The van der Waals surface area contributed by atoms with Gasteiger partial charge in [0.25, 0.3) is 0 Å². The zero-order valence-electron chi connectivity index (χ0n) is 12.1. The van der Waals surface area contributed by atoms with E-state index < -0.39 is 23.7 Å². The van der Waals surface area contributed by atoms with Gasteiger partial charge in [0.05, 0.1) is 12.6 Å². The number of rotatable bonds is 3. The first kappa shape index (κ1) is 15.6. The van der Waals surface area contributed by atoms with Gasteiger partial charge < -0.3 is 4.74 Å². The van der Waals surface area contributed by atoms with Crippen LogP contribution in [0.25, 0.3) is 0 Å². The molecule has 0 aromatic carbocycles. The average molecular weight is 270 g/mol. The molecule has 1 rings (SSSR count). The van der Waals surface area contributed by atoms with E-state index in [0.717, 1.165) is 0 Å². The smallest absolute Gasteiger partial charge is 0.323 e. The monoisotopic (exact) mass is 270 g/mol. The number of nitrogens with one attached hydrogen (secondary N) is 1. The predicted molar refractivity (Wildman–Crippen MR) is 69.2 cm³/mol. The highest BCUT2D eigenvalue weighted by Crippen LogP contribution is 2.17. The fourth-order valence-electron chi connectivity index (χ4n) is 2.04. The first-order chi connectivity index (χ1) is 8.65. The van der Waals surface area contributed by atoms with Crippen LogP contribution in [0, 0.1) is 0 Å². The summed E-state index contributed by atoms with van der Waals surface area (Å²) in [5.41, 5.74) is -0.588. The number of piperazine rings is 1. The van der Waals surface area contributed by atoms with Gasteiger partial charge in [-0.25, -0.2) is 0 Å². The second kappa shape index (κ2) is 5.69. The van der Waals surface area contributed by atoms with Crippen LogP contribution in [0.5, 0.6) is 0 Å². The molecule has 2 unspecified atom stereocenters. The molecule has 1 fully saturated rings. The lowest BCUT2D eigenvalue weighted by Crippen LogP contribution is -2.61. The summed E-state index contributed by atoms with van der Waals surface area (Å²) in [5.74, 6) is -1.16. The summed E-state index contributed by atoms with van der Waals surface area (Å²) < 4.78 is 5.29. The number of ether oxygens (including phenoxy) is 1. The fourth-order valence-corrected chi connectivity index (χ4v) is 2.04. The van der Waals surface area contributed by atoms with E-state index >= 15 is 0 Å². The summed E-state index contributed by atoms with van der Waals surface area (Å²) in [4.78, 5) is 36.8. The van der Waals surface area contributed by atoms with Crippen molar-refractivity contribution < 1.29 is 19.1 Å². The molecule has 1 N–H and O–H groups in total. The van der Waals surface area contributed by atoms with Gasteiger partial charge in [0.15, 0.2) is 0 Å². The Bertz CT molecular complexity index is 387. The quantitative estimate of drug-likeness (QED) is 0.595. The molecule has 108 valence electrons. The first-order valence-corrected chi connectivity index (χ1v) is 6.48. The molecule has 0 aliphatic carbocycles. The maximum atomic E-state index is 12.0. The Kier molecular flexibility index (Phi) is 4.68. The molecule has 19 heavy (non-hydrogen) atoms. The van der Waals surface area contributed by atoms with Gasteiger partial charge in [0.2, 0.25) is 11.8 Å². The van der Waals surface area contributed by atoms with Gasteiger partial charge in [-0.2, -0.15) is 0 Å². The first-order valence-electron chi connectivity index (χ1n) is 6.48. The molecule has 1 heterocycles. The Morgan fingerprint density at radius 1 is 1.47 bits per heavy atom. The van der Waals surface area contributed by atoms with Gasteiger partial charge in [-0.05, 0) is 34.1 Å². The van der Waals surface area contributed by atoms with Crippen molar-refractivity contribution in [3.8, 4) is 0 Å². The summed E-state index contributed by atoms with van der Waals surface area (Å²) in [6.07, 6.45) is 0.534. The van der Waals surface area contributed by atoms with Crippen LogP contribution in [-0.2, 0) is 19.1 Å². The molecule has 0 spiro atoms. The molecule has 6 nitrogen and oxygen atoms in total. The molecule has 0 radical (unpaired) electrons. The fraction of sp³-hybridized carbons (Fsp3) is 0.769. The van der Waals surface area contributed by atoms with Gasteiger partial charge in [-0.1, -0.05) is 6.92 Å². The molecule has 6 heteroatoms. The molecule has 1 aliphatic rings. The van der Waals surface area contributed by atoms with Crippen molar-refractivity contribution >= 4 is 17.8 Å². The summed E-state index contributed by atoms with van der Waals surface area (Å²) in [6.45, 7) is 8.87. The number of hydrogen-bond donors (Lipinski definition) is 1. The molecule has 0 aromatic heterocycles. The van der Waals surface area contributed by atoms with Crippen molar-refractivity contribution in [2.45, 2.75) is 58.7 Å². The van der Waals surface area contributed by atoms with E-state index in [1.54, 1.807) is 32.6 Å². The zero-order valence-corrected chi connectivity index (χ0v) is 12.1. The highest BCUT2D eigenvalue weighted by atomic mass is 16.6. The summed E-state index contributed by atoms with van der Waals surface area (Å²) in [6, 6.07) is -1.10. The van der Waals surface area contributed by atoms with Crippen molar-refractivity contribution in [3.05, 3.63) is 0 Å². The second-order valence-electron chi connectivity index (χ2n) is 5.72. The van der Waals surface area contributed by atoms with Gasteiger partial charge in [-0.3, -0.25) is 24.6 Å². The molecular weight excluding hydrogens is 248 g/mol. The van der Waals surface area contributed by atoms with E-state index in [2.05, 4.69) is 5.32 Å². The number of carbonyl (C=O) groups is 3. The maximum Gasteiger partial charge on any atom is 0.323 e. The van der Waals surface area contributed by atoms with E-state index in [4.69, 9.17) is 4.74 Å². The highest BCUT2D eigenvalue weighted by Gasteiger charge is 2.38. The Labute approximate surface area is 113 Å². The molecule has 0 bridgehead atoms. The van der Waals surface area contributed by atoms with Crippen molar-refractivity contribution in [2.24, 2.45) is 0 Å². The van der Waals surface area contributed by atoms with E-state index in [1.165, 1.54) is 0 Å². The molecular formula is C13H22N2O4. The topological polar surface area (TPSA) is 75.7 Å². The zero-order chi connectivity index (χ0) is 14.8. The maximum absolute atomic E-state index is 12.0. The van der Waals surface area contributed by atoms with Crippen molar-refractivity contribution in [2.75, 3.05) is 6.54 Å². The predicted octanol–water partition coefficient (Wildman–Crippen LogP) is 0.454. The van der Waals surface area contributed by atoms with E-state index in [-0.39, 0.29) is 18.4 Å². The third-order valence-corrected chi connectivity index (χ3v) is 2.92. The van der Waals surface area contributed by atoms with Crippen LogP contribution in [0.1, 0.15) is 41.0 Å². The number of amides is 2. The third-order valence-electron chi connectivity index (χ3n) is 2.92. The number of imide groups is 1. The minimum atomic E-state index is -0.626. The Morgan fingerprint density at radius 2 is 2.05 bits per heavy atom. The molecule has 2 atom stereocenters. The molecule has 1 aliphatic heterocycles. The standard InChI is InChI=1S/C13H22N2O4/c1-6-9-11(17)14-10(16)7-15(9)8(2)12(18)19-13(3,4)5/h8-9H,6-7H2,1-5H3,(H,14,16,17). The molecule has 1 saturated heterocycles.